The molecular weight excluding hydrogens is 383 g/mol. The highest BCUT2D eigenvalue weighted by Crippen LogP contribution is 2.34. The Morgan fingerprint density at radius 1 is 1.30 bits per heavy atom. The van der Waals surface area contributed by atoms with Crippen LogP contribution >= 0.6 is 0 Å². The lowest BCUT2D eigenvalue weighted by Crippen LogP contribution is -2.53. The van der Waals surface area contributed by atoms with Crippen LogP contribution < -0.4 is 4.72 Å². The molecular formula is C17H24F3N3O3S. The number of likely N-dealkylation sites (N-methyl/N-ethyl adjacent to an activating group) is 1. The molecule has 1 aromatic carbocycles. The van der Waals surface area contributed by atoms with Crippen molar-refractivity contribution < 1.29 is 26.4 Å². The molecule has 1 aromatic rings. The zero-order valence-electron chi connectivity index (χ0n) is 15.5. The smallest absolute Gasteiger partial charge is 0.340 e. The van der Waals surface area contributed by atoms with Crippen LogP contribution in [0.2, 0.25) is 0 Å². The van der Waals surface area contributed by atoms with Crippen LogP contribution in [0.5, 0.6) is 0 Å². The van der Waals surface area contributed by atoms with Crippen molar-refractivity contribution in [1.82, 2.24) is 14.5 Å². The number of carbonyl (C=O) groups excluding carboxylic acids is 1. The summed E-state index contributed by atoms with van der Waals surface area (Å²) in [6, 6.07) is 2.90. The number of hydrogen-bond acceptors (Lipinski definition) is 4. The maximum absolute atomic E-state index is 13.1. The summed E-state index contributed by atoms with van der Waals surface area (Å²) in [5.41, 5.74) is -1.26. The molecule has 1 saturated heterocycles. The summed E-state index contributed by atoms with van der Waals surface area (Å²) in [6.45, 7) is 2.29. The van der Waals surface area contributed by atoms with E-state index < -0.39 is 38.6 Å². The summed E-state index contributed by atoms with van der Waals surface area (Å²) in [7, 11) is -0.711. The topological polar surface area (TPSA) is 69.7 Å². The number of nitrogens with zero attached hydrogens (tertiary/aromatic N) is 2. The second-order valence-corrected chi connectivity index (χ2v) is 8.56. The van der Waals surface area contributed by atoms with Crippen LogP contribution in [0.25, 0.3) is 0 Å². The maximum atomic E-state index is 13.1. The quantitative estimate of drug-likeness (QED) is 0.810. The van der Waals surface area contributed by atoms with Crippen molar-refractivity contribution in [3.63, 3.8) is 0 Å². The first kappa shape index (κ1) is 21.6. The van der Waals surface area contributed by atoms with Crippen LogP contribution in [-0.4, -0.2) is 63.4 Å². The van der Waals surface area contributed by atoms with E-state index in [1.54, 1.807) is 4.90 Å². The third-order valence-corrected chi connectivity index (χ3v) is 6.22. The predicted molar refractivity (Wildman–Crippen MR) is 94.5 cm³/mol. The first-order chi connectivity index (χ1) is 12.4. The molecule has 1 N–H and O–H groups in total. The Kier molecular flexibility index (Phi) is 6.54. The van der Waals surface area contributed by atoms with E-state index in [4.69, 9.17) is 0 Å². The maximum Gasteiger partial charge on any atom is 0.417 e. The minimum atomic E-state index is -4.82. The Morgan fingerprint density at radius 2 is 1.93 bits per heavy atom. The third-order valence-electron chi connectivity index (χ3n) is 4.62. The number of nitrogens with one attached hydrogen (secondary N) is 1. The largest absolute Gasteiger partial charge is 0.417 e. The number of likely N-dealkylation sites (tertiary alicyclic amines) is 1. The molecule has 0 spiro atoms. The normalized spacial score (nSPS) is 20.0. The minimum absolute atomic E-state index is 0.164. The zero-order valence-corrected chi connectivity index (χ0v) is 16.3. The van der Waals surface area contributed by atoms with Gasteiger partial charge in [0.1, 0.15) is 0 Å². The van der Waals surface area contributed by atoms with Crippen molar-refractivity contribution >= 4 is 15.9 Å². The van der Waals surface area contributed by atoms with E-state index in [0.717, 1.165) is 25.0 Å². The van der Waals surface area contributed by atoms with Gasteiger partial charge in [0.2, 0.25) is 15.9 Å². The first-order valence-corrected chi connectivity index (χ1v) is 10.1. The highest BCUT2D eigenvalue weighted by molar-refractivity contribution is 7.89. The van der Waals surface area contributed by atoms with Crippen molar-refractivity contribution in [2.45, 2.75) is 42.9 Å². The van der Waals surface area contributed by atoms with Crippen LogP contribution in [0.4, 0.5) is 13.2 Å². The van der Waals surface area contributed by atoms with E-state index in [1.165, 1.54) is 13.0 Å². The second-order valence-electron chi connectivity index (χ2n) is 6.88. The van der Waals surface area contributed by atoms with E-state index in [2.05, 4.69) is 4.72 Å². The van der Waals surface area contributed by atoms with Crippen LogP contribution in [0.3, 0.4) is 0 Å². The average molecular weight is 407 g/mol. The lowest BCUT2D eigenvalue weighted by Gasteiger charge is -2.37. The molecule has 0 bridgehead atoms. The standard InChI is InChI=1S/C17H24F3N3O3S/c1-12(16(24)23-10-6-7-13(11-23)22(2)3)21-27(25,26)15-9-5-4-8-14(15)17(18,19)20/h4-5,8-9,12-13,21H,6-7,10-11H2,1-3H3/t12-,13?/m0/s1. The van der Waals surface area contributed by atoms with E-state index in [1.807, 2.05) is 19.0 Å². The van der Waals surface area contributed by atoms with Gasteiger partial charge in [0.25, 0.3) is 0 Å². The van der Waals surface area contributed by atoms with Gasteiger partial charge < -0.3 is 9.80 Å². The summed E-state index contributed by atoms with van der Waals surface area (Å²) in [5, 5.41) is 0. The molecule has 2 atom stereocenters. The number of hydrogen-bond donors (Lipinski definition) is 1. The highest BCUT2D eigenvalue weighted by atomic mass is 32.2. The van der Waals surface area contributed by atoms with Crippen LogP contribution in [0, 0.1) is 0 Å². The molecule has 1 unspecified atom stereocenters. The van der Waals surface area contributed by atoms with E-state index >= 15 is 0 Å². The Balaban J connectivity index is 2.17. The summed E-state index contributed by atoms with van der Waals surface area (Å²) in [6.07, 6.45) is -3.11. The molecule has 1 heterocycles. The number of alkyl halides is 3. The molecule has 1 amide bonds. The fourth-order valence-electron chi connectivity index (χ4n) is 3.13. The molecule has 10 heteroatoms. The van der Waals surface area contributed by atoms with Crippen LogP contribution in [-0.2, 0) is 21.0 Å². The van der Waals surface area contributed by atoms with Gasteiger partial charge >= 0.3 is 6.18 Å². The lowest BCUT2D eigenvalue weighted by atomic mass is 10.0. The van der Waals surface area contributed by atoms with Gasteiger partial charge in [-0.25, -0.2) is 8.42 Å². The number of piperidine rings is 1. The van der Waals surface area contributed by atoms with Gasteiger partial charge in [0.05, 0.1) is 16.5 Å². The number of rotatable bonds is 5. The molecule has 6 nitrogen and oxygen atoms in total. The van der Waals surface area contributed by atoms with Crippen molar-refractivity contribution in [3.8, 4) is 0 Å². The van der Waals surface area contributed by atoms with Crippen molar-refractivity contribution in [1.29, 1.82) is 0 Å². The number of sulfonamides is 1. The number of amides is 1. The molecule has 0 radical (unpaired) electrons. The molecule has 1 aliphatic rings. The van der Waals surface area contributed by atoms with Crippen molar-refractivity contribution in [2.75, 3.05) is 27.2 Å². The van der Waals surface area contributed by atoms with E-state index in [0.29, 0.717) is 19.2 Å². The molecule has 2 rings (SSSR count). The molecule has 0 saturated carbocycles. The Morgan fingerprint density at radius 3 is 2.52 bits per heavy atom. The summed E-state index contributed by atoms with van der Waals surface area (Å²) in [5.74, 6) is -0.449. The summed E-state index contributed by atoms with van der Waals surface area (Å²) < 4.78 is 66.4. The predicted octanol–water partition coefficient (Wildman–Crippen LogP) is 1.92. The van der Waals surface area contributed by atoms with Gasteiger partial charge in [-0.3, -0.25) is 4.79 Å². The Hall–Kier alpha value is -1.65. The van der Waals surface area contributed by atoms with Gasteiger partial charge in [0, 0.05) is 19.1 Å². The minimum Gasteiger partial charge on any atom is -0.340 e. The molecule has 27 heavy (non-hydrogen) atoms. The number of benzene rings is 1. The van der Waals surface area contributed by atoms with Gasteiger partial charge in [-0.2, -0.15) is 17.9 Å². The first-order valence-electron chi connectivity index (χ1n) is 8.57. The van der Waals surface area contributed by atoms with Crippen molar-refractivity contribution in [3.05, 3.63) is 29.8 Å². The average Bonchev–Trinajstić information content (AvgIpc) is 2.60. The number of carbonyl (C=O) groups is 1. The Bertz CT molecular complexity index is 781. The fourth-order valence-corrected chi connectivity index (χ4v) is 4.56. The summed E-state index contributed by atoms with van der Waals surface area (Å²) >= 11 is 0. The van der Waals surface area contributed by atoms with Gasteiger partial charge in [-0.1, -0.05) is 12.1 Å². The van der Waals surface area contributed by atoms with E-state index in [-0.39, 0.29) is 6.04 Å². The number of halogens is 3. The van der Waals surface area contributed by atoms with Crippen LogP contribution in [0.15, 0.2) is 29.2 Å². The second kappa shape index (κ2) is 8.15. The van der Waals surface area contributed by atoms with Gasteiger partial charge in [-0.05, 0) is 46.0 Å². The monoisotopic (exact) mass is 407 g/mol. The molecule has 152 valence electrons. The fraction of sp³-hybridized carbons (Fsp3) is 0.588. The lowest BCUT2D eigenvalue weighted by molar-refractivity contribution is -0.139. The highest BCUT2D eigenvalue weighted by Gasteiger charge is 2.38. The Labute approximate surface area is 157 Å². The summed E-state index contributed by atoms with van der Waals surface area (Å²) in [4.78, 5) is 15.3. The molecule has 0 aliphatic carbocycles. The molecule has 1 fully saturated rings. The van der Waals surface area contributed by atoms with E-state index in [9.17, 15) is 26.4 Å². The van der Waals surface area contributed by atoms with Crippen LogP contribution in [0.1, 0.15) is 25.3 Å². The van der Waals surface area contributed by atoms with Gasteiger partial charge in [-0.15, -0.1) is 0 Å². The molecule has 0 aromatic heterocycles. The third kappa shape index (κ3) is 5.20. The SMILES string of the molecule is C[C@H](NS(=O)(=O)c1ccccc1C(F)(F)F)C(=O)N1CCCC(N(C)C)C1. The zero-order chi connectivity index (χ0) is 20.4. The van der Waals surface area contributed by atoms with Gasteiger partial charge in [0.15, 0.2) is 0 Å². The van der Waals surface area contributed by atoms with Crippen molar-refractivity contribution in [2.24, 2.45) is 0 Å². The molecule has 1 aliphatic heterocycles.